The molecule has 1 aliphatic rings. The van der Waals surface area contributed by atoms with Crippen LogP contribution >= 0.6 is 7.38 Å². The SMILES string of the molecule is CP1#CC(C)(C)CC1. The van der Waals surface area contributed by atoms with Gasteiger partial charge in [-0.2, -0.15) is 0 Å². The molecule has 0 saturated carbocycles. The standard InChI is InChI=1S/C7H13P/c1-7(2)4-5-8(3)6-7/h4-5H2,1-3H3. The van der Waals surface area contributed by atoms with Crippen molar-refractivity contribution in [1.29, 1.82) is 0 Å². The Morgan fingerprint density at radius 3 is 2.25 bits per heavy atom. The molecule has 1 aliphatic heterocycles. The largest absolute Gasteiger partial charge is 0.125 e. The molecule has 1 heterocycles. The van der Waals surface area contributed by atoms with E-state index >= 15 is 0 Å². The summed E-state index contributed by atoms with van der Waals surface area (Å²) in [7, 11) is 0.197. The lowest BCUT2D eigenvalue weighted by molar-refractivity contribution is 0.499. The normalized spacial score (nSPS) is 29.1. The molecule has 0 aliphatic carbocycles. The molecule has 46 valence electrons. The molecule has 0 aromatic carbocycles. The van der Waals surface area contributed by atoms with Crippen LogP contribution in [0.4, 0.5) is 0 Å². The zero-order valence-corrected chi connectivity index (χ0v) is 6.76. The first-order chi connectivity index (χ1) is 3.60. The Morgan fingerprint density at radius 1 is 1.50 bits per heavy atom. The summed E-state index contributed by atoms with van der Waals surface area (Å²) in [5, 5.41) is 0. The van der Waals surface area contributed by atoms with Crippen molar-refractivity contribution in [2.75, 3.05) is 12.8 Å². The molecule has 0 bridgehead atoms. The smallest absolute Gasteiger partial charge is 0.0224 e. The van der Waals surface area contributed by atoms with Crippen molar-refractivity contribution < 1.29 is 0 Å². The Hall–Kier alpha value is 0.0800. The van der Waals surface area contributed by atoms with Crippen molar-refractivity contribution in [2.45, 2.75) is 20.3 Å². The van der Waals surface area contributed by atoms with E-state index < -0.39 is 0 Å². The van der Waals surface area contributed by atoms with Crippen LogP contribution in [-0.4, -0.2) is 12.8 Å². The molecule has 0 aromatic rings. The summed E-state index contributed by atoms with van der Waals surface area (Å²) in [5.74, 6) is 0. The van der Waals surface area contributed by atoms with Crippen LogP contribution in [0.3, 0.4) is 0 Å². The molecule has 0 N–H and O–H groups in total. The van der Waals surface area contributed by atoms with Gasteiger partial charge in [0.05, 0.1) is 0 Å². The lowest BCUT2D eigenvalue weighted by Crippen LogP contribution is -2.03. The molecule has 0 nitrogen and oxygen atoms in total. The molecule has 8 heavy (non-hydrogen) atoms. The highest BCUT2D eigenvalue weighted by Gasteiger charge is 2.18. The van der Waals surface area contributed by atoms with Gasteiger partial charge >= 0.3 is 0 Å². The summed E-state index contributed by atoms with van der Waals surface area (Å²) in [4.78, 5) is 0. The average Bonchev–Trinajstić information content (AvgIpc) is 1.82. The van der Waals surface area contributed by atoms with Crippen LogP contribution in [0.15, 0.2) is 0 Å². The minimum absolute atomic E-state index is 0.197. The Morgan fingerprint density at radius 2 is 2.12 bits per heavy atom. The van der Waals surface area contributed by atoms with Crippen LogP contribution in [0.1, 0.15) is 20.3 Å². The van der Waals surface area contributed by atoms with Gasteiger partial charge in [-0.3, -0.25) is 0 Å². The number of hydrogen-bond acceptors (Lipinski definition) is 0. The van der Waals surface area contributed by atoms with Crippen molar-refractivity contribution in [2.24, 2.45) is 5.41 Å². The summed E-state index contributed by atoms with van der Waals surface area (Å²) in [6.45, 7) is 6.86. The van der Waals surface area contributed by atoms with Crippen LogP contribution in [0.5, 0.6) is 0 Å². The molecule has 0 spiro atoms. The predicted molar refractivity (Wildman–Crippen MR) is 40.0 cm³/mol. The van der Waals surface area contributed by atoms with Gasteiger partial charge in [0.1, 0.15) is 0 Å². The third-order valence-corrected chi connectivity index (χ3v) is 3.45. The molecule has 1 heteroatoms. The first kappa shape index (κ1) is 6.20. The molecule has 1 atom stereocenters. The summed E-state index contributed by atoms with van der Waals surface area (Å²) >= 11 is 0. The summed E-state index contributed by atoms with van der Waals surface area (Å²) in [6.07, 6.45) is 2.76. The minimum atomic E-state index is 0.197. The van der Waals surface area contributed by atoms with E-state index in [1.54, 1.807) is 0 Å². The second kappa shape index (κ2) is 1.79. The van der Waals surface area contributed by atoms with Crippen molar-refractivity contribution in [3.8, 4) is 5.63 Å². The van der Waals surface area contributed by atoms with Gasteiger partial charge in [0.15, 0.2) is 0 Å². The number of hydrogen-bond donors (Lipinski definition) is 0. The van der Waals surface area contributed by atoms with Gasteiger partial charge in [-0.15, -0.1) is 13.0 Å². The Bertz CT molecular complexity index is 166. The summed E-state index contributed by atoms with van der Waals surface area (Å²) < 4.78 is 0. The zero-order valence-electron chi connectivity index (χ0n) is 5.86. The maximum Gasteiger partial charge on any atom is 0.0224 e. The molecule has 1 unspecified atom stereocenters. The molecular formula is C7H13P. The van der Waals surface area contributed by atoms with E-state index in [2.05, 4.69) is 26.1 Å². The topological polar surface area (TPSA) is 0 Å². The lowest BCUT2D eigenvalue weighted by Gasteiger charge is -2.09. The van der Waals surface area contributed by atoms with Crippen LogP contribution in [-0.2, 0) is 0 Å². The highest BCUT2D eigenvalue weighted by Crippen LogP contribution is 2.35. The maximum atomic E-state index is 3.56. The van der Waals surface area contributed by atoms with Gasteiger partial charge in [0.2, 0.25) is 0 Å². The second-order valence-corrected chi connectivity index (χ2v) is 5.23. The molecule has 1 rings (SSSR count). The van der Waals surface area contributed by atoms with Crippen LogP contribution in [0, 0.1) is 11.0 Å². The van der Waals surface area contributed by atoms with E-state index in [-0.39, 0.29) is 7.38 Å². The third kappa shape index (κ3) is 1.28. The Kier molecular flexibility index (Phi) is 1.39. The highest BCUT2D eigenvalue weighted by atomic mass is 31.1. The molecule has 0 radical (unpaired) electrons. The highest BCUT2D eigenvalue weighted by molar-refractivity contribution is 7.46. The fourth-order valence-electron chi connectivity index (χ4n) is 1.08. The van der Waals surface area contributed by atoms with E-state index in [4.69, 9.17) is 0 Å². The number of rotatable bonds is 0. The minimum Gasteiger partial charge on any atom is -0.125 e. The van der Waals surface area contributed by atoms with Crippen LogP contribution in [0.2, 0.25) is 0 Å². The predicted octanol–water partition coefficient (Wildman–Crippen LogP) is 2.49. The zero-order chi connectivity index (χ0) is 6.20. The lowest BCUT2D eigenvalue weighted by atomic mass is 9.94. The molecular weight excluding hydrogens is 115 g/mol. The van der Waals surface area contributed by atoms with Crippen LogP contribution in [0.25, 0.3) is 0 Å². The van der Waals surface area contributed by atoms with Crippen LogP contribution < -0.4 is 0 Å². The van der Waals surface area contributed by atoms with Gasteiger partial charge in [0.25, 0.3) is 0 Å². The summed E-state index contributed by atoms with van der Waals surface area (Å²) in [5.41, 5.74) is 4.00. The Labute approximate surface area is 52.3 Å². The van der Waals surface area contributed by atoms with Gasteiger partial charge in [-0.25, -0.2) is 0 Å². The molecule has 0 saturated heterocycles. The van der Waals surface area contributed by atoms with Crippen molar-refractivity contribution in [3.63, 3.8) is 0 Å². The maximum absolute atomic E-state index is 3.56. The van der Waals surface area contributed by atoms with E-state index in [0.717, 1.165) is 0 Å². The Balaban J connectivity index is 2.76. The van der Waals surface area contributed by atoms with E-state index in [9.17, 15) is 0 Å². The van der Waals surface area contributed by atoms with Gasteiger partial charge < -0.3 is 0 Å². The van der Waals surface area contributed by atoms with Crippen molar-refractivity contribution in [3.05, 3.63) is 0 Å². The van der Waals surface area contributed by atoms with Crippen molar-refractivity contribution >= 4 is 7.38 Å². The second-order valence-electron chi connectivity index (χ2n) is 3.17. The van der Waals surface area contributed by atoms with E-state index in [1.165, 1.54) is 12.6 Å². The van der Waals surface area contributed by atoms with Gasteiger partial charge in [-0.05, 0) is 33.1 Å². The average molecular weight is 128 g/mol. The first-order valence-electron chi connectivity index (χ1n) is 3.09. The van der Waals surface area contributed by atoms with Gasteiger partial charge in [0, 0.05) is 5.41 Å². The summed E-state index contributed by atoms with van der Waals surface area (Å²) in [6, 6.07) is 0. The monoisotopic (exact) mass is 128 g/mol. The molecule has 0 amide bonds. The molecule has 0 aromatic heterocycles. The molecule has 0 fully saturated rings. The fourth-order valence-corrected chi connectivity index (χ4v) is 3.23. The third-order valence-electron chi connectivity index (χ3n) is 1.57. The quantitative estimate of drug-likeness (QED) is 0.440. The van der Waals surface area contributed by atoms with Gasteiger partial charge in [-0.1, -0.05) is 0 Å². The first-order valence-corrected chi connectivity index (χ1v) is 5.06. The van der Waals surface area contributed by atoms with E-state index in [0.29, 0.717) is 5.41 Å². The fraction of sp³-hybridized carbons (Fsp3) is 0.857. The van der Waals surface area contributed by atoms with E-state index in [1.807, 2.05) is 0 Å². The van der Waals surface area contributed by atoms with Crippen molar-refractivity contribution in [1.82, 2.24) is 0 Å².